The summed E-state index contributed by atoms with van der Waals surface area (Å²) in [5.41, 5.74) is 8.42. The van der Waals surface area contributed by atoms with Gasteiger partial charge in [0.15, 0.2) is 5.11 Å². The molecule has 1 aliphatic heterocycles. The van der Waals surface area contributed by atoms with Gasteiger partial charge < -0.3 is 5.73 Å². The van der Waals surface area contributed by atoms with Gasteiger partial charge in [0.25, 0.3) is 0 Å². The standard InChI is InChI=1S/C11H10ClN3OS2/c12-9-6-3-5-8-4-1-2-7-18(16,10(8)9)15-14-11(13)17/h1-7H,(H3,13,14,17). The van der Waals surface area contributed by atoms with Crippen LogP contribution in [0.3, 0.4) is 0 Å². The van der Waals surface area contributed by atoms with Crippen molar-refractivity contribution in [3.63, 3.8) is 0 Å². The summed E-state index contributed by atoms with van der Waals surface area (Å²) in [5.74, 6) is 0. The molecule has 0 amide bonds. The molecule has 0 saturated heterocycles. The second-order valence-electron chi connectivity index (χ2n) is 3.48. The van der Waals surface area contributed by atoms with Crippen molar-refractivity contribution in [3.05, 3.63) is 46.3 Å². The Kier molecular flexibility index (Phi) is 3.70. The fraction of sp³-hybridized carbons (Fsp3) is 0. The molecule has 1 atom stereocenters. The molecule has 0 saturated carbocycles. The minimum Gasteiger partial charge on any atom is -0.375 e. The highest BCUT2D eigenvalue weighted by Crippen LogP contribution is 2.30. The van der Waals surface area contributed by atoms with E-state index in [2.05, 4.69) is 22.1 Å². The molecule has 1 aromatic rings. The summed E-state index contributed by atoms with van der Waals surface area (Å²) in [7, 11) is -2.84. The van der Waals surface area contributed by atoms with E-state index in [4.69, 9.17) is 17.3 Å². The molecule has 2 rings (SSSR count). The molecule has 0 spiro atoms. The second-order valence-corrected chi connectivity index (χ2v) is 6.33. The van der Waals surface area contributed by atoms with E-state index >= 15 is 0 Å². The van der Waals surface area contributed by atoms with Crippen LogP contribution in [0.4, 0.5) is 0 Å². The monoisotopic (exact) mass is 299 g/mol. The molecule has 18 heavy (non-hydrogen) atoms. The van der Waals surface area contributed by atoms with Crippen molar-refractivity contribution >= 4 is 44.7 Å². The lowest BCUT2D eigenvalue weighted by atomic mass is 10.2. The summed E-state index contributed by atoms with van der Waals surface area (Å²) in [6.45, 7) is 0. The maximum absolute atomic E-state index is 12.8. The van der Waals surface area contributed by atoms with E-state index in [1.165, 1.54) is 5.41 Å². The lowest BCUT2D eigenvalue weighted by molar-refractivity contribution is 0.679. The van der Waals surface area contributed by atoms with E-state index in [9.17, 15) is 4.21 Å². The topological polar surface area (TPSA) is 67.5 Å². The van der Waals surface area contributed by atoms with E-state index in [0.29, 0.717) is 9.92 Å². The molecular formula is C11H10ClN3OS2. The average molecular weight is 300 g/mol. The number of benzene rings is 1. The normalized spacial score (nSPS) is 20.9. The van der Waals surface area contributed by atoms with E-state index in [1.54, 1.807) is 24.3 Å². The van der Waals surface area contributed by atoms with Gasteiger partial charge in [0.1, 0.15) is 9.73 Å². The first kappa shape index (κ1) is 13.1. The van der Waals surface area contributed by atoms with E-state index in [-0.39, 0.29) is 5.11 Å². The van der Waals surface area contributed by atoms with Crippen LogP contribution in [0.15, 0.2) is 45.1 Å². The predicted octanol–water partition coefficient (Wildman–Crippen LogP) is 2.46. The van der Waals surface area contributed by atoms with Gasteiger partial charge in [-0.05, 0) is 23.8 Å². The minimum atomic E-state index is -2.84. The lowest BCUT2D eigenvalue weighted by Crippen LogP contribution is -2.25. The molecule has 1 unspecified atom stereocenters. The molecule has 0 fully saturated rings. The third-order valence-corrected chi connectivity index (χ3v) is 4.68. The summed E-state index contributed by atoms with van der Waals surface area (Å²) in [6, 6.07) is 5.28. The minimum absolute atomic E-state index is 0.0445. The van der Waals surface area contributed by atoms with Crippen LogP contribution in [0.1, 0.15) is 5.56 Å². The zero-order valence-electron chi connectivity index (χ0n) is 9.17. The maximum atomic E-state index is 12.8. The Balaban J connectivity index is 2.70. The summed E-state index contributed by atoms with van der Waals surface area (Å²) in [6.07, 6.45) is 5.25. The summed E-state index contributed by atoms with van der Waals surface area (Å²) >= 11 is 10.8. The lowest BCUT2D eigenvalue weighted by Gasteiger charge is -2.10. The number of thiocarbonyl (C=S) groups is 1. The fourth-order valence-corrected chi connectivity index (χ4v) is 3.80. The van der Waals surface area contributed by atoms with Crippen molar-refractivity contribution in [2.45, 2.75) is 4.90 Å². The predicted molar refractivity (Wildman–Crippen MR) is 78.4 cm³/mol. The molecule has 0 aliphatic carbocycles. The number of hydrogen-bond donors (Lipinski definition) is 2. The summed E-state index contributed by atoms with van der Waals surface area (Å²) < 4.78 is 16.7. The highest BCUT2D eigenvalue weighted by Gasteiger charge is 2.18. The zero-order chi connectivity index (χ0) is 13.2. The molecular weight excluding hydrogens is 290 g/mol. The number of halogens is 1. The number of nitrogens with two attached hydrogens (primary N) is 1. The Morgan fingerprint density at radius 1 is 1.44 bits per heavy atom. The summed E-state index contributed by atoms with van der Waals surface area (Å²) in [5, 5.41) is 1.83. The Morgan fingerprint density at radius 2 is 2.22 bits per heavy atom. The van der Waals surface area contributed by atoms with Crippen LogP contribution in [0, 0.1) is 0 Å². The molecule has 0 bridgehead atoms. The van der Waals surface area contributed by atoms with Gasteiger partial charge in [-0.25, -0.2) is 9.63 Å². The van der Waals surface area contributed by atoms with E-state index in [0.717, 1.165) is 5.56 Å². The molecule has 3 N–H and O–H groups in total. The number of nitrogens with one attached hydrogen (secondary N) is 1. The van der Waals surface area contributed by atoms with Gasteiger partial charge in [-0.15, -0.1) is 4.47 Å². The smallest absolute Gasteiger partial charge is 0.184 e. The van der Waals surface area contributed by atoms with Crippen molar-refractivity contribution in [2.75, 3.05) is 0 Å². The van der Waals surface area contributed by atoms with E-state index < -0.39 is 9.73 Å². The van der Waals surface area contributed by atoms with Crippen molar-refractivity contribution in [1.82, 2.24) is 5.43 Å². The third kappa shape index (κ3) is 2.55. The molecule has 4 nitrogen and oxygen atoms in total. The first-order valence-electron chi connectivity index (χ1n) is 4.98. The molecule has 7 heteroatoms. The Labute approximate surface area is 116 Å². The van der Waals surface area contributed by atoms with Gasteiger partial charge in [-0.3, -0.25) is 0 Å². The van der Waals surface area contributed by atoms with Crippen LogP contribution in [-0.2, 0) is 9.73 Å². The van der Waals surface area contributed by atoms with Crippen LogP contribution >= 0.6 is 23.8 Å². The quantitative estimate of drug-likeness (QED) is 0.617. The van der Waals surface area contributed by atoms with Gasteiger partial charge in [0.05, 0.1) is 9.92 Å². The Hall–Kier alpha value is -1.37. The molecule has 1 aromatic carbocycles. The van der Waals surface area contributed by atoms with Gasteiger partial charge in [-0.2, -0.15) is 0 Å². The maximum Gasteiger partial charge on any atom is 0.184 e. The van der Waals surface area contributed by atoms with Crippen LogP contribution in [-0.4, -0.2) is 9.32 Å². The highest BCUT2D eigenvalue weighted by atomic mass is 35.5. The number of hydrogen-bond acceptors (Lipinski definition) is 3. The Morgan fingerprint density at radius 3 is 2.94 bits per heavy atom. The first-order chi connectivity index (χ1) is 8.53. The second kappa shape index (κ2) is 5.09. The van der Waals surface area contributed by atoms with Crippen molar-refractivity contribution in [3.8, 4) is 0 Å². The van der Waals surface area contributed by atoms with Gasteiger partial charge in [-0.1, -0.05) is 42.0 Å². The van der Waals surface area contributed by atoms with Crippen molar-refractivity contribution in [2.24, 2.45) is 10.2 Å². The molecule has 94 valence electrons. The zero-order valence-corrected chi connectivity index (χ0v) is 11.6. The van der Waals surface area contributed by atoms with Crippen LogP contribution in [0.25, 0.3) is 6.08 Å². The largest absolute Gasteiger partial charge is 0.375 e. The van der Waals surface area contributed by atoms with Gasteiger partial charge in [0, 0.05) is 5.41 Å². The average Bonchev–Trinajstić information content (AvgIpc) is 2.48. The number of rotatable bonds is 1. The fourth-order valence-electron chi connectivity index (χ4n) is 1.53. The molecule has 1 heterocycles. The van der Waals surface area contributed by atoms with Gasteiger partial charge >= 0.3 is 0 Å². The molecule has 0 radical (unpaired) electrons. The number of nitrogens with zero attached hydrogens (tertiary/aromatic N) is 1. The molecule has 1 aliphatic rings. The first-order valence-corrected chi connectivity index (χ1v) is 7.34. The third-order valence-electron chi connectivity index (χ3n) is 2.23. The van der Waals surface area contributed by atoms with Crippen molar-refractivity contribution < 1.29 is 4.21 Å². The summed E-state index contributed by atoms with van der Waals surface area (Å²) in [4.78, 5) is 0.459. The Bertz CT molecular complexity index is 673. The van der Waals surface area contributed by atoms with E-state index in [1.807, 2.05) is 12.1 Å². The molecule has 0 aromatic heterocycles. The SMILES string of the molecule is NC(=S)NN=S1(=O)C=CC=Cc2cccc(Cl)c21. The number of fused-ring (bicyclic) bond motifs is 1. The van der Waals surface area contributed by atoms with Crippen LogP contribution in [0.2, 0.25) is 5.02 Å². The van der Waals surface area contributed by atoms with Crippen molar-refractivity contribution in [1.29, 1.82) is 0 Å². The van der Waals surface area contributed by atoms with Crippen LogP contribution in [0.5, 0.6) is 0 Å². The van der Waals surface area contributed by atoms with Gasteiger partial charge in [0.2, 0.25) is 0 Å². The highest BCUT2D eigenvalue weighted by molar-refractivity contribution is 7.96. The van der Waals surface area contributed by atoms with Crippen LogP contribution < -0.4 is 11.2 Å². The number of allylic oxidation sites excluding steroid dienone is 2.